The molecule has 0 amide bonds. The van der Waals surface area contributed by atoms with Crippen LogP contribution in [-0.2, 0) is 0 Å². The lowest BCUT2D eigenvalue weighted by atomic mass is 9.53. The molecule has 2 aliphatic carbocycles. The fourth-order valence-electron chi connectivity index (χ4n) is 4.03. The fourth-order valence-corrected chi connectivity index (χ4v) is 4.03. The number of rotatable bonds is 1. The van der Waals surface area contributed by atoms with Crippen LogP contribution in [0, 0.1) is 23.2 Å². The summed E-state index contributed by atoms with van der Waals surface area (Å²) in [5.41, 5.74) is 2.05. The largest absolute Gasteiger partial charge is 0.0999 e. The van der Waals surface area contributed by atoms with Crippen molar-refractivity contribution in [3.05, 3.63) is 12.2 Å². The van der Waals surface area contributed by atoms with Crippen LogP contribution in [0.3, 0.4) is 0 Å². The average molecular weight is 206 g/mol. The van der Waals surface area contributed by atoms with Crippen LogP contribution in [0.25, 0.3) is 0 Å². The molecule has 4 atom stereocenters. The number of hydrogen-bond donors (Lipinski definition) is 0. The highest BCUT2D eigenvalue weighted by atomic mass is 14.5. The third-order valence-corrected chi connectivity index (χ3v) is 5.49. The predicted octanol–water partition coefficient (Wildman–Crippen LogP) is 4.81. The summed E-state index contributed by atoms with van der Waals surface area (Å²) in [6.45, 7) is 11.4. The molecule has 0 heteroatoms. The van der Waals surface area contributed by atoms with Crippen LogP contribution in [0.5, 0.6) is 0 Å². The lowest BCUT2D eigenvalue weighted by molar-refractivity contribution is -0.00613. The summed E-state index contributed by atoms with van der Waals surface area (Å²) in [5, 5.41) is 0. The van der Waals surface area contributed by atoms with Crippen molar-refractivity contribution in [2.45, 2.75) is 59.3 Å². The zero-order chi connectivity index (χ0) is 11.1. The molecule has 0 heterocycles. The smallest absolute Gasteiger partial charge is 0.0203 e. The first-order chi connectivity index (χ1) is 7.04. The second-order valence-electron chi connectivity index (χ2n) is 6.36. The van der Waals surface area contributed by atoms with Gasteiger partial charge in [0.05, 0.1) is 0 Å². The van der Waals surface area contributed by atoms with E-state index < -0.39 is 0 Å². The zero-order valence-corrected chi connectivity index (χ0v) is 10.7. The van der Waals surface area contributed by atoms with E-state index in [1.54, 1.807) is 0 Å². The Morgan fingerprint density at radius 3 is 2.60 bits per heavy atom. The molecular formula is C15H26. The van der Waals surface area contributed by atoms with Crippen molar-refractivity contribution in [3.63, 3.8) is 0 Å². The van der Waals surface area contributed by atoms with Gasteiger partial charge in [0.15, 0.2) is 0 Å². The van der Waals surface area contributed by atoms with Gasteiger partial charge < -0.3 is 0 Å². The Bertz CT molecular complexity index is 253. The molecule has 0 unspecified atom stereocenters. The summed E-state index contributed by atoms with van der Waals surface area (Å²) in [6, 6.07) is 0. The Balaban J connectivity index is 2.15. The minimum atomic E-state index is 0.625. The average Bonchev–Trinajstić information content (AvgIpc) is 2.19. The van der Waals surface area contributed by atoms with Crippen LogP contribution < -0.4 is 0 Å². The Labute approximate surface area is 95.1 Å². The Kier molecular flexibility index (Phi) is 2.96. The number of hydrogen-bond acceptors (Lipinski definition) is 0. The summed E-state index contributed by atoms with van der Waals surface area (Å²) in [4.78, 5) is 0. The molecule has 0 aromatic rings. The van der Waals surface area contributed by atoms with Crippen molar-refractivity contribution in [1.82, 2.24) is 0 Å². The molecule has 2 fully saturated rings. The van der Waals surface area contributed by atoms with Gasteiger partial charge >= 0.3 is 0 Å². The van der Waals surface area contributed by atoms with Crippen LogP contribution >= 0.6 is 0 Å². The van der Waals surface area contributed by atoms with Gasteiger partial charge in [0, 0.05) is 0 Å². The van der Waals surface area contributed by atoms with E-state index >= 15 is 0 Å². The summed E-state index contributed by atoms with van der Waals surface area (Å²) in [5.74, 6) is 2.75. The van der Waals surface area contributed by atoms with Crippen LogP contribution in [0.15, 0.2) is 12.2 Å². The minimum absolute atomic E-state index is 0.625. The molecule has 0 aromatic carbocycles. The van der Waals surface area contributed by atoms with Gasteiger partial charge in [-0.2, -0.15) is 0 Å². The maximum Gasteiger partial charge on any atom is -0.0203 e. The van der Waals surface area contributed by atoms with Gasteiger partial charge in [-0.25, -0.2) is 0 Å². The normalized spacial score (nSPS) is 45.9. The van der Waals surface area contributed by atoms with E-state index in [2.05, 4.69) is 27.4 Å². The van der Waals surface area contributed by atoms with E-state index in [0.29, 0.717) is 5.41 Å². The summed E-state index contributed by atoms with van der Waals surface area (Å²) >= 11 is 0. The van der Waals surface area contributed by atoms with Gasteiger partial charge in [0.1, 0.15) is 0 Å². The van der Waals surface area contributed by atoms with Crippen LogP contribution in [-0.4, -0.2) is 0 Å². The molecule has 2 aliphatic rings. The SMILES string of the molecule is C=C(C)[C@@H]1CC[C@H]2CCC[C@@H](C)[C@]2(C)C1. The highest BCUT2D eigenvalue weighted by molar-refractivity contribution is 5.04. The van der Waals surface area contributed by atoms with Crippen molar-refractivity contribution in [2.75, 3.05) is 0 Å². The Morgan fingerprint density at radius 2 is 1.93 bits per heavy atom. The van der Waals surface area contributed by atoms with E-state index in [1.165, 1.54) is 44.1 Å². The quantitative estimate of drug-likeness (QED) is 0.540. The van der Waals surface area contributed by atoms with Crippen LogP contribution in [0.4, 0.5) is 0 Å². The third kappa shape index (κ3) is 1.88. The topological polar surface area (TPSA) is 0 Å². The standard InChI is InChI=1S/C15H26/c1-11(2)13-8-9-14-7-5-6-12(3)15(14,4)10-13/h12-14H,1,5-10H2,2-4H3/t12-,13-,14-,15+/m1/s1. The van der Waals surface area contributed by atoms with Gasteiger partial charge in [-0.1, -0.05) is 38.8 Å². The summed E-state index contributed by atoms with van der Waals surface area (Å²) in [7, 11) is 0. The first kappa shape index (κ1) is 11.2. The molecule has 0 N–H and O–H groups in total. The number of allylic oxidation sites excluding steroid dienone is 1. The van der Waals surface area contributed by atoms with Crippen LogP contribution in [0.2, 0.25) is 0 Å². The fraction of sp³-hybridized carbons (Fsp3) is 0.867. The molecular weight excluding hydrogens is 180 g/mol. The molecule has 0 bridgehead atoms. The van der Waals surface area contributed by atoms with Crippen molar-refractivity contribution in [1.29, 1.82) is 0 Å². The van der Waals surface area contributed by atoms with E-state index in [1.807, 2.05) is 0 Å². The number of fused-ring (bicyclic) bond motifs is 1. The van der Waals surface area contributed by atoms with E-state index in [0.717, 1.165) is 17.8 Å². The van der Waals surface area contributed by atoms with E-state index in [-0.39, 0.29) is 0 Å². The van der Waals surface area contributed by atoms with Crippen molar-refractivity contribution < 1.29 is 0 Å². The van der Waals surface area contributed by atoms with E-state index in [4.69, 9.17) is 0 Å². The molecule has 0 spiro atoms. The summed E-state index contributed by atoms with van der Waals surface area (Å²) in [6.07, 6.45) is 8.69. The van der Waals surface area contributed by atoms with E-state index in [9.17, 15) is 0 Å². The zero-order valence-electron chi connectivity index (χ0n) is 10.7. The van der Waals surface area contributed by atoms with Crippen molar-refractivity contribution in [3.8, 4) is 0 Å². The lowest BCUT2D eigenvalue weighted by Crippen LogP contribution is -2.42. The molecule has 0 aliphatic heterocycles. The molecule has 15 heavy (non-hydrogen) atoms. The van der Waals surface area contributed by atoms with Crippen molar-refractivity contribution >= 4 is 0 Å². The second kappa shape index (κ2) is 3.96. The predicted molar refractivity (Wildman–Crippen MR) is 66.8 cm³/mol. The Hall–Kier alpha value is -0.260. The van der Waals surface area contributed by atoms with Gasteiger partial charge in [-0.3, -0.25) is 0 Å². The van der Waals surface area contributed by atoms with Gasteiger partial charge in [-0.15, -0.1) is 0 Å². The maximum atomic E-state index is 4.17. The molecule has 86 valence electrons. The van der Waals surface area contributed by atoms with Gasteiger partial charge in [-0.05, 0) is 55.8 Å². The maximum absolute atomic E-state index is 4.17. The monoisotopic (exact) mass is 206 g/mol. The van der Waals surface area contributed by atoms with Crippen molar-refractivity contribution in [2.24, 2.45) is 23.2 Å². The van der Waals surface area contributed by atoms with Crippen LogP contribution in [0.1, 0.15) is 59.3 Å². The first-order valence-electron chi connectivity index (χ1n) is 6.69. The first-order valence-corrected chi connectivity index (χ1v) is 6.69. The Morgan fingerprint density at radius 1 is 1.20 bits per heavy atom. The highest BCUT2D eigenvalue weighted by Gasteiger charge is 2.45. The molecule has 0 aromatic heterocycles. The third-order valence-electron chi connectivity index (χ3n) is 5.49. The van der Waals surface area contributed by atoms with Gasteiger partial charge in [0.2, 0.25) is 0 Å². The highest BCUT2D eigenvalue weighted by Crippen LogP contribution is 2.55. The molecule has 2 rings (SSSR count). The van der Waals surface area contributed by atoms with Gasteiger partial charge in [0.25, 0.3) is 0 Å². The lowest BCUT2D eigenvalue weighted by Gasteiger charge is -2.52. The summed E-state index contributed by atoms with van der Waals surface area (Å²) < 4.78 is 0. The molecule has 2 saturated carbocycles. The second-order valence-corrected chi connectivity index (χ2v) is 6.36. The minimum Gasteiger partial charge on any atom is -0.0999 e. The molecule has 0 radical (unpaired) electrons. The molecule has 0 nitrogen and oxygen atoms in total. The molecule has 0 saturated heterocycles.